The molecule has 2 aliphatic rings. The zero-order valence-electron chi connectivity index (χ0n) is 19.6. The molecule has 8 heteroatoms. The van der Waals surface area contributed by atoms with Gasteiger partial charge in [0.15, 0.2) is 0 Å². The molecule has 1 unspecified atom stereocenters. The van der Waals surface area contributed by atoms with Crippen LogP contribution in [0, 0.1) is 6.92 Å². The summed E-state index contributed by atoms with van der Waals surface area (Å²) in [5, 5.41) is 1.06. The van der Waals surface area contributed by atoms with E-state index in [1.165, 1.54) is 34.5 Å². The number of aromatic nitrogens is 1. The number of methoxy groups -OCH3 is 1. The lowest BCUT2D eigenvalue weighted by molar-refractivity contribution is -0.147. The van der Waals surface area contributed by atoms with Gasteiger partial charge in [-0.15, -0.1) is 0 Å². The number of hydrogen-bond acceptors (Lipinski definition) is 6. The summed E-state index contributed by atoms with van der Waals surface area (Å²) in [4.78, 5) is 46.1. The van der Waals surface area contributed by atoms with E-state index in [2.05, 4.69) is 6.92 Å². The van der Waals surface area contributed by atoms with Gasteiger partial charge in [0, 0.05) is 29.7 Å². The number of amides is 2. The normalized spacial score (nSPS) is 18.1. The van der Waals surface area contributed by atoms with Crippen molar-refractivity contribution in [3.05, 3.63) is 40.6 Å². The number of benzene rings is 1. The second kappa shape index (κ2) is 9.77. The van der Waals surface area contributed by atoms with Crippen molar-refractivity contribution in [2.75, 3.05) is 33.4 Å². The molecule has 0 bridgehead atoms. The summed E-state index contributed by atoms with van der Waals surface area (Å²) in [6.07, 6.45) is 4.57. The molecule has 1 aromatic heterocycles. The van der Waals surface area contributed by atoms with E-state index in [1.807, 2.05) is 19.1 Å². The predicted molar refractivity (Wildman–Crippen MR) is 123 cm³/mol. The van der Waals surface area contributed by atoms with E-state index in [1.54, 1.807) is 6.07 Å². The molecule has 2 amide bonds. The fraction of sp³-hybridized carbons (Fsp3) is 0.520. The van der Waals surface area contributed by atoms with E-state index in [-0.39, 0.29) is 19.0 Å². The molecule has 8 nitrogen and oxygen atoms in total. The molecule has 0 saturated carbocycles. The van der Waals surface area contributed by atoms with Crippen molar-refractivity contribution in [3.63, 3.8) is 0 Å². The van der Waals surface area contributed by atoms with Crippen molar-refractivity contribution in [2.24, 2.45) is 0 Å². The Labute approximate surface area is 193 Å². The number of fused-ring (bicyclic) bond motifs is 2. The SMILES string of the molecule is CCCOC(=O)N1CCN(C(=O)c2ccc3c(C)c4c(nc3c2)CCCC4)C(C(=O)OC)C1. The number of ether oxygens (including phenoxy) is 2. The minimum Gasteiger partial charge on any atom is -0.467 e. The highest BCUT2D eigenvalue weighted by molar-refractivity contribution is 6.00. The van der Waals surface area contributed by atoms with E-state index < -0.39 is 18.1 Å². The third-order valence-corrected chi connectivity index (χ3v) is 6.60. The average Bonchev–Trinajstić information content (AvgIpc) is 2.85. The third-order valence-electron chi connectivity index (χ3n) is 6.60. The number of aryl methyl sites for hydroxylation is 2. The molecule has 4 rings (SSSR count). The van der Waals surface area contributed by atoms with Gasteiger partial charge >= 0.3 is 12.1 Å². The molecule has 33 heavy (non-hydrogen) atoms. The topological polar surface area (TPSA) is 89.0 Å². The number of carbonyl (C=O) groups excluding carboxylic acids is 3. The maximum Gasteiger partial charge on any atom is 0.409 e. The van der Waals surface area contributed by atoms with Crippen LogP contribution in [0.4, 0.5) is 4.79 Å². The minimum atomic E-state index is -0.889. The second-order valence-corrected chi connectivity index (χ2v) is 8.70. The number of pyridine rings is 1. The van der Waals surface area contributed by atoms with Crippen LogP contribution < -0.4 is 0 Å². The summed E-state index contributed by atoms with van der Waals surface area (Å²) in [5.74, 6) is -0.828. The molecule has 1 aliphatic heterocycles. The molecule has 176 valence electrons. The zero-order valence-corrected chi connectivity index (χ0v) is 19.6. The average molecular weight is 454 g/mol. The number of carbonyl (C=O) groups is 3. The summed E-state index contributed by atoms with van der Waals surface area (Å²) in [6, 6.07) is 4.67. The number of piperazine rings is 1. The van der Waals surface area contributed by atoms with E-state index >= 15 is 0 Å². The van der Waals surface area contributed by atoms with Crippen LogP contribution >= 0.6 is 0 Å². The first-order chi connectivity index (χ1) is 15.9. The van der Waals surface area contributed by atoms with Crippen molar-refractivity contribution in [1.82, 2.24) is 14.8 Å². The monoisotopic (exact) mass is 453 g/mol. The summed E-state index contributed by atoms with van der Waals surface area (Å²) < 4.78 is 10.1. The Kier molecular flexibility index (Phi) is 6.81. The first-order valence-corrected chi connectivity index (χ1v) is 11.7. The Hall–Kier alpha value is -3.16. The maximum absolute atomic E-state index is 13.5. The lowest BCUT2D eigenvalue weighted by atomic mass is 9.90. The Balaban J connectivity index is 1.60. The molecule has 0 N–H and O–H groups in total. The molecular weight excluding hydrogens is 422 g/mol. The van der Waals surface area contributed by atoms with Gasteiger partial charge in [-0.25, -0.2) is 9.59 Å². The predicted octanol–water partition coefficient (Wildman–Crippen LogP) is 3.27. The van der Waals surface area contributed by atoms with Gasteiger partial charge in [-0.3, -0.25) is 9.78 Å². The largest absolute Gasteiger partial charge is 0.467 e. The zero-order chi connectivity index (χ0) is 23.5. The first kappa shape index (κ1) is 23.0. The Morgan fingerprint density at radius 1 is 1.15 bits per heavy atom. The summed E-state index contributed by atoms with van der Waals surface area (Å²) >= 11 is 0. The van der Waals surface area contributed by atoms with Gasteiger partial charge in [-0.1, -0.05) is 13.0 Å². The van der Waals surface area contributed by atoms with Gasteiger partial charge in [-0.05, 0) is 62.3 Å². The molecule has 1 fully saturated rings. The quantitative estimate of drug-likeness (QED) is 0.660. The highest BCUT2D eigenvalue weighted by Crippen LogP contribution is 2.29. The van der Waals surface area contributed by atoms with Crippen molar-refractivity contribution >= 4 is 28.9 Å². The van der Waals surface area contributed by atoms with Gasteiger partial charge in [0.2, 0.25) is 0 Å². The van der Waals surface area contributed by atoms with Crippen molar-refractivity contribution in [3.8, 4) is 0 Å². The van der Waals surface area contributed by atoms with Crippen LogP contribution in [0.5, 0.6) is 0 Å². The summed E-state index contributed by atoms with van der Waals surface area (Å²) in [5.41, 5.74) is 4.98. The minimum absolute atomic E-state index is 0.0411. The van der Waals surface area contributed by atoms with Gasteiger partial charge in [0.25, 0.3) is 5.91 Å². The molecule has 1 saturated heterocycles. The highest BCUT2D eigenvalue weighted by atomic mass is 16.6. The fourth-order valence-corrected chi connectivity index (χ4v) is 4.78. The number of hydrogen-bond donors (Lipinski definition) is 0. The standard InChI is InChI=1S/C25H31N3O5/c1-4-13-33-25(31)27-11-12-28(22(15-27)24(30)32-3)23(29)17-9-10-19-16(2)18-7-5-6-8-20(18)26-21(19)14-17/h9-10,14,22H,4-8,11-13,15H2,1-3H3. The van der Waals surface area contributed by atoms with Crippen LogP contribution in [0.3, 0.4) is 0 Å². The molecule has 1 aliphatic carbocycles. The molecule has 0 spiro atoms. The maximum atomic E-state index is 13.5. The van der Waals surface area contributed by atoms with E-state index in [9.17, 15) is 14.4 Å². The second-order valence-electron chi connectivity index (χ2n) is 8.70. The molecular formula is C25H31N3O5. The molecule has 0 radical (unpaired) electrons. The van der Waals surface area contributed by atoms with Crippen LogP contribution in [0.2, 0.25) is 0 Å². The lowest BCUT2D eigenvalue weighted by Crippen LogP contribution is -2.59. The fourth-order valence-electron chi connectivity index (χ4n) is 4.78. The third kappa shape index (κ3) is 4.51. The first-order valence-electron chi connectivity index (χ1n) is 11.7. The van der Waals surface area contributed by atoms with Crippen LogP contribution in [0.25, 0.3) is 10.9 Å². The Morgan fingerprint density at radius 3 is 2.70 bits per heavy atom. The lowest BCUT2D eigenvalue weighted by Gasteiger charge is -2.39. The Morgan fingerprint density at radius 2 is 1.94 bits per heavy atom. The van der Waals surface area contributed by atoms with Crippen LogP contribution in [0.15, 0.2) is 18.2 Å². The number of nitrogens with zero attached hydrogens (tertiary/aromatic N) is 3. The molecule has 1 atom stereocenters. The van der Waals surface area contributed by atoms with Crippen molar-refractivity contribution in [2.45, 2.75) is 52.0 Å². The van der Waals surface area contributed by atoms with Gasteiger partial charge in [0.05, 0.1) is 25.8 Å². The van der Waals surface area contributed by atoms with Gasteiger partial charge < -0.3 is 19.3 Å². The van der Waals surface area contributed by atoms with Gasteiger partial charge in [-0.2, -0.15) is 0 Å². The molecule has 2 aromatic rings. The number of esters is 1. The van der Waals surface area contributed by atoms with Crippen molar-refractivity contribution < 1.29 is 23.9 Å². The van der Waals surface area contributed by atoms with Crippen LogP contribution in [-0.4, -0.2) is 72.1 Å². The molecule has 1 aromatic carbocycles. The number of rotatable bonds is 4. The highest BCUT2D eigenvalue weighted by Gasteiger charge is 2.38. The van der Waals surface area contributed by atoms with E-state index in [4.69, 9.17) is 14.5 Å². The summed E-state index contributed by atoms with van der Waals surface area (Å²) in [7, 11) is 1.28. The smallest absolute Gasteiger partial charge is 0.409 e. The van der Waals surface area contributed by atoms with Crippen LogP contribution in [0.1, 0.15) is 53.4 Å². The Bertz CT molecular complexity index is 1080. The van der Waals surface area contributed by atoms with Crippen LogP contribution in [-0.2, 0) is 27.1 Å². The van der Waals surface area contributed by atoms with Crippen molar-refractivity contribution in [1.29, 1.82) is 0 Å². The van der Waals surface area contributed by atoms with E-state index in [0.29, 0.717) is 25.1 Å². The van der Waals surface area contributed by atoms with E-state index in [0.717, 1.165) is 35.9 Å². The van der Waals surface area contributed by atoms with Gasteiger partial charge in [0.1, 0.15) is 6.04 Å². The molecule has 2 heterocycles. The summed E-state index contributed by atoms with van der Waals surface area (Å²) in [6.45, 7) is 4.90.